The van der Waals surface area contributed by atoms with Gasteiger partial charge in [0.15, 0.2) is 11.6 Å². The molecule has 0 bridgehead atoms. The molecule has 0 aliphatic heterocycles. The number of pyridine rings is 1. The lowest BCUT2D eigenvalue weighted by atomic mass is 10.0. The molecule has 0 spiro atoms. The molecule has 0 unspecified atom stereocenters. The Balaban J connectivity index is 2.27. The van der Waals surface area contributed by atoms with Crippen LogP contribution < -0.4 is 19.9 Å². The van der Waals surface area contributed by atoms with E-state index in [1.807, 2.05) is 0 Å². The highest BCUT2D eigenvalue weighted by Gasteiger charge is 2.24. The van der Waals surface area contributed by atoms with E-state index in [-0.39, 0.29) is 17.1 Å². The molecule has 0 radical (unpaired) electrons. The van der Waals surface area contributed by atoms with E-state index in [0.717, 1.165) is 17.5 Å². The summed E-state index contributed by atoms with van der Waals surface area (Å²) >= 11 is 0. The summed E-state index contributed by atoms with van der Waals surface area (Å²) in [6.45, 7) is 6.83. The molecule has 1 N–H and O–H groups in total. The minimum atomic E-state index is -3.84. The number of ether oxygens (including phenoxy) is 1. The predicted octanol–water partition coefficient (Wildman–Crippen LogP) is 4.85. The first-order valence-electron chi connectivity index (χ1n) is 10.3. The fourth-order valence-corrected chi connectivity index (χ4v) is 4.66. The second kappa shape index (κ2) is 9.68. The maximum atomic E-state index is 14.3. The van der Waals surface area contributed by atoms with Crippen LogP contribution in [0.5, 0.6) is 11.5 Å². The second-order valence-electron chi connectivity index (χ2n) is 7.77. The van der Waals surface area contributed by atoms with Gasteiger partial charge in [0.2, 0.25) is 0 Å². The minimum Gasteiger partial charge on any atom is -0.454 e. The van der Waals surface area contributed by atoms with E-state index in [1.54, 1.807) is 46.3 Å². The second-order valence-corrected chi connectivity index (χ2v) is 9.52. The normalized spacial score (nSPS) is 11.4. The number of nitrogens with one attached hydrogen (secondary N) is 1. The van der Waals surface area contributed by atoms with E-state index in [1.165, 1.54) is 21.0 Å². The third-order valence-electron chi connectivity index (χ3n) is 5.05. The Hall–Kier alpha value is -3.66. The van der Waals surface area contributed by atoms with Crippen molar-refractivity contribution in [1.29, 1.82) is 0 Å². The molecule has 0 fully saturated rings. The molecule has 0 aliphatic carbocycles. The number of benzene rings is 2. The number of sulfonamides is 1. The van der Waals surface area contributed by atoms with Crippen LogP contribution in [0.15, 0.2) is 65.4 Å². The molecule has 34 heavy (non-hydrogen) atoms. The number of halogens is 2. The summed E-state index contributed by atoms with van der Waals surface area (Å²) in [6.07, 6.45) is 1.55. The standard InChI is InChI=1S/C24H25F2N3O4S/c1-6-34(31,32)29(15(2)3)18-8-10-22(33-23-9-7-17(25)12-20(23)26)19(13-18)16-11-21(27-4)24(30)28(5)14-16/h6-15,27H,1H2,2-5H3. The van der Waals surface area contributed by atoms with E-state index < -0.39 is 27.7 Å². The molecule has 180 valence electrons. The Morgan fingerprint density at radius 3 is 2.38 bits per heavy atom. The van der Waals surface area contributed by atoms with Crippen molar-refractivity contribution in [3.63, 3.8) is 0 Å². The zero-order valence-electron chi connectivity index (χ0n) is 19.2. The van der Waals surface area contributed by atoms with Gasteiger partial charge in [0, 0.05) is 48.9 Å². The van der Waals surface area contributed by atoms with Gasteiger partial charge < -0.3 is 14.6 Å². The van der Waals surface area contributed by atoms with E-state index >= 15 is 0 Å². The Kier molecular flexibility index (Phi) is 7.11. The van der Waals surface area contributed by atoms with Gasteiger partial charge in [0.1, 0.15) is 17.3 Å². The fourth-order valence-electron chi connectivity index (χ4n) is 3.50. The molecule has 10 heteroatoms. The van der Waals surface area contributed by atoms with Crippen molar-refractivity contribution >= 4 is 21.4 Å². The van der Waals surface area contributed by atoms with Crippen LogP contribution in [0.2, 0.25) is 0 Å². The molecule has 2 aromatic carbocycles. The molecule has 3 rings (SSSR count). The average Bonchev–Trinajstić information content (AvgIpc) is 2.78. The van der Waals surface area contributed by atoms with Crippen LogP contribution in [-0.2, 0) is 17.1 Å². The summed E-state index contributed by atoms with van der Waals surface area (Å²) in [4.78, 5) is 12.4. The third-order valence-corrected chi connectivity index (χ3v) is 6.65. The zero-order chi connectivity index (χ0) is 25.2. The molecule has 1 heterocycles. The monoisotopic (exact) mass is 489 g/mol. The van der Waals surface area contributed by atoms with Crippen LogP contribution in [0.3, 0.4) is 0 Å². The van der Waals surface area contributed by atoms with Crippen molar-refractivity contribution in [1.82, 2.24) is 4.57 Å². The highest BCUT2D eigenvalue weighted by atomic mass is 32.2. The van der Waals surface area contributed by atoms with Gasteiger partial charge in [-0.15, -0.1) is 0 Å². The van der Waals surface area contributed by atoms with Crippen molar-refractivity contribution < 1.29 is 21.9 Å². The maximum Gasteiger partial charge on any atom is 0.273 e. The molecular weight excluding hydrogens is 464 g/mol. The topological polar surface area (TPSA) is 80.6 Å². The van der Waals surface area contributed by atoms with Crippen LogP contribution in [0.1, 0.15) is 13.8 Å². The van der Waals surface area contributed by atoms with Gasteiger partial charge in [-0.2, -0.15) is 0 Å². The molecule has 0 saturated carbocycles. The van der Waals surface area contributed by atoms with Gasteiger partial charge in [-0.1, -0.05) is 6.58 Å². The Bertz CT molecular complexity index is 1400. The Morgan fingerprint density at radius 1 is 1.12 bits per heavy atom. The van der Waals surface area contributed by atoms with Gasteiger partial charge in [-0.3, -0.25) is 9.10 Å². The van der Waals surface area contributed by atoms with E-state index in [4.69, 9.17) is 4.74 Å². The molecule has 0 atom stereocenters. The van der Waals surface area contributed by atoms with Crippen molar-refractivity contribution in [2.24, 2.45) is 7.05 Å². The molecule has 3 aromatic rings. The Morgan fingerprint density at radius 2 is 1.79 bits per heavy atom. The lowest BCUT2D eigenvalue weighted by Gasteiger charge is -2.27. The summed E-state index contributed by atoms with van der Waals surface area (Å²) in [5, 5.41) is 3.68. The summed E-state index contributed by atoms with van der Waals surface area (Å²) in [5.74, 6) is -1.69. The van der Waals surface area contributed by atoms with Crippen LogP contribution >= 0.6 is 0 Å². The number of aryl methyl sites for hydroxylation is 1. The van der Waals surface area contributed by atoms with E-state index in [9.17, 15) is 22.0 Å². The smallest absolute Gasteiger partial charge is 0.273 e. The summed E-state index contributed by atoms with van der Waals surface area (Å²) < 4.78 is 61.3. The van der Waals surface area contributed by atoms with Crippen LogP contribution in [0, 0.1) is 11.6 Å². The van der Waals surface area contributed by atoms with Gasteiger partial charge >= 0.3 is 0 Å². The first-order chi connectivity index (χ1) is 16.0. The number of hydrogen-bond donors (Lipinski definition) is 1. The third kappa shape index (κ3) is 4.96. The van der Waals surface area contributed by atoms with Gasteiger partial charge in [0.25, 0.3) is 15.6 Å². The summed E-state index contributed by atoms with van der Waals surface area (Å²) in [7, 11) is -0.670. The van der Waals surface area contributed by atoms with E-state index in [0.29, 0.717) is 28.6 Å². The molecule has 0 aliphatic rings. The molecule has 7 nitrogen and oxygen atoms in total. The number of aromatic nitrogens is 1. The summed E-state index contributed by atoms with van der Waals surface area (Å²) in [6, 6.07) is 8.64. The number of rotatable bonds is 8. The molecule has 0 saturated heterocycles. The largest absolute Gasteiger partial charge is 0.454 e. The van der Waals surface area contributed by atoms with Crippen molar-refractivity contribution in [3.05, 3.63) is 82.6 Å². The fraction of sp³-hybridized carbons (Fsp3) is 0.208. The Labute approximate surface area is 197 Å². The molecule has 0 amide bonds. The van der Waals surface area contributed by atoms with Crippen LogP contribution in [-0.4, -0.2) is 26.1 Å². The minimum absolute atomic E-state index is 0.176. The lowest BCUT2D eigenvalue weighted by molar-refractivity contribution is 0.439. The highest BCUT2D eigenvalue weighted by Crippen LogP contribution is 2.38. The van der Waals surface area contributed by atoms with Gasteiger partial charge in [0.05, 0.1) is 5.69 Å². The molecular formula is C24H25F2N3O4S. The van der Waals surface area contributed by atoms with Crippen molar-refractivity contribution in [2.75, 3.05) is 16.7 Å². The van der Waals surface area contributed by atoms with Crippen molar-refractivity contribution in [3.8, 4) is 22.6 Å². The van der Waals surface area contributed by atoms with E-state index in [2.05, 4.69) is 11.9 Å². The first-order valence-corrected chi connectivity index (χ1v) is 11.8. The average molecular weight is 490 g/mol. The van der Waals surface area contributed by atoms with Crippen molar-refractivity contribution in [2.45, 2.75) is 19.9 Å². The summed E-state index contributed by atoms with van der Waals surface area (Å²) in [5.41, 5.74) is 1.23. The quantitative estimate of drug-likeness (QED) is 0.489. The van der Waals surface area contributed by atoms with Gasteiger partial charge in [-0.25, -0.2) is 17.2 Å². The number of nitrogens with zero attached hydrogens (tertiary/aromatic N) is 2. The number of hydrogen-bond acceptors (Lipinski definition) is 5. The lowest BCUT2D eigenvalue weighted by Crippen LogP contribution is -2.35. The zero-order valence-corrected chi connectivity index (χ0v) is 20.0. The first kappa shape index (κ1) is 25.0. The molecule has 1 aromatic heterocycles. The SMILES string of the molecule is C=CS(=O)(=O)N(c1ccc(Oc2ccc(F)cc2F)c(-c2cc(NC)c(=O)n(C)c2)c1)C(C)C. The van der Waals surface area contributed by atoms with Crippen LogP contribution in [0.4, 0.5) is 20.2 Å². The van der Waals surface area contributed by atoms with Gasteiger partial charge in [-0.05, 0) is 50.2 Å². The number of anilines is 2. The van der Waals surface area contributed by atoms with Crippen LogP contribution in [0.25, 0.3) is 11.1 Å². The maximum absolute atomic E-state index is 14.3. The predicted molar refractivity (Wildman–Crippen MR) is 130 cm³/mol. The highest BCUT2D eigenvalue weighted by molar-refractivity contribution is 7.95.